The molecule has 3 nitrogen and oxygen atoms in total. The lowest BCUT2D eigenvalue weighted by atomic mass is 10.1. The van der Waals surface area contributed by atoms with Gasteiger partial charge in [0.2, 0.25) is 5.91 Å². The number of anilines is 1. The summed E-state index contributed by atoms with van der Waals surface area (Å²) in [5, 5.41) is 6.20. The predicted molar refractivity (Wildman–Crippen MR) is 80.5 cm³/mol. The molecule has 0 aliphatic carbocycles. The zero-order valence-corrected chi connectivity index (χ0v) is 11.8. The van der Waals surface area contributed by atoms with Crippen molar-refractivity contribution in [3.05, 3.63) is 65.5 Å². The molecule has 4 heteroatoms. The molecule has 0 bridgehead atoms. The number of carbonyl (C=O) groups excluding carboxylic acids is 1. The van der Waals surface area contributed by atoms with Crippen LogP contribution in [-0.4, -0.2) is 11.9 Å². The van der Waals surface area contributed by atoms with Crippen LogP contribution < -0.4 is 10.6 Å². The van der Waals surface area contributed by atoms with E-state index in [1.165, 1.54) is 12.1 Å². The van der Waals surface area contributed by atoms with E-state index in [9.17, 15) is 9.18 Å². The van der Waals surface area contributed by atoms with Gasteiger partial charge in [0.05, 0.1) is 6.04 Å². The first-order valence-electron chi connectivity index (χ1n) is 7.04. The third-order valence-electron chi connectivity index (χ3n) is 3.82. The highest BCUT2D eigenvalue weighted by Crippen LogP contribution is 2.25. The zero-order valence-electron chi connectivity index (χ0n) is 11.8. The Morgan fingerprint density at radius 2 is 1.95 bits per heavy atom. The van der Waals surface area contributed by atoms with E-state index < -0.39 is 0 Å². The van der Waals surface area contributed by atoms with E-state index in [0.29, 0.717) is 6.42 Å². The molecule has 2 aromatic carbocycles. The van der Waals surface area contributed by atoms with E-state index in [4.69, 9.17) is 0 Å². The van der Waals surface area contributed by atoms with Crippen LogP contribution in [0.1, 0.15) is 24.1 Å². The minimum atomic E-state index is -0.273. The summed E-state index contributed by atoms with van der Waals surface area (Å²) in [6.45, 7) is 1.90. The average molecular weight is 284 g/mol. The summed E-state index contributed by atoms with van der Waals surface area (Å²) in [6.07, 6.45) is 0.693. The van der Waals surface area contributed by atoms with Crippen molar-refractivity contribution in [1.29, 1.82) is 0 Å². The number of hydrogen-bond donors (Lipinski definition) is 2. The maximum atomic E-state index is 12.9. The standard InChI is InChI=1S/C17H17FN2O/c1-11(12-6-8-14(18)9-7-12)19-17(21)16-10-13-4-2-3-5-15(13)20-16/h2-9,11,16,20H,10H2,1H3,(H,19,21)/t11?,16-/m0/s1. The Labute approximate surface area is 123 Å². The number of benzene rings is 2. The molecule has 0 saturated heterocycles. The number of hydrogen-bond acceptors (Lipinski definition) is 2. The van der Waals surface area contributed by atoms with Gasteiger partial charge in [-0.1, -0.05) is 30.3 Å². The summed E-state index contributed by atoms with van der Waals surface area (Å²) < 4.78 is 12.9. The summed E-state index contributed by atoms with van der Waals surface area (Å²) in [7, 11) is 0. The molecule has 3 rings (SSSR count). The molecule has 2 aromatic rings. The number of amides is 1. The van der Waals surface area contributed by atoms with Gasteiger partial charge >= 0.3 is 0 Å². The lowest BCUT2D eigenvalue weighted by Crippen LogP contribution is -2.39. The van der Waals surface area contributed by atoms with Gasteiger partial charge in [0.1, 0.15) is 11.9 Å². The highest BCUT2D eigenvalue weighted by molar-refractivity contribution is 5.87. The third kappa shape index (κ3) is 2.89. The highest BCUT2D eigenvalue weighted by Gasteiger charge is 2.27. The Kier molecular flexibility index (Phi) is 3.60. The van der Waals surface area contributed by atoms with Crippen LogP contribution in [-0.2, 0) is 11.2 Å². The molecule has 0 fully saturated rings. The minimum absolute atomic E-state index is 0.0389. The molecule has 21 heavy (non-hydrogen) atoms. The van der Waals surface area contributed by atoms with E-state index in [0.717, 1.165) is 16.8 Å². The Morgan fingerprint density at radius 1 is 1.24 bits per heavy atom. The topological polar surface area (TPSA) is 41.1 Å². The molecule has 0 spiro atoms. The van der Waals surface area contributed by atoms with Crippen LogP contribution in [0.2, 0.25) is 0 Å². The Bertz CT molecular complexity index is 629. The molecule has 0 saturated carbocycles. The Balaban J connectivity index is 1.64. The average Bonchev–Trinajstić information content (AvgIpc) is 2.92. The summed E-state index contributed by atoms with van der Waals surface area (Å²) in [6, 6.07) is 13.7. The van der Waals surface area contributed by atoms with Crippen LogP contribution in [0.3, 0.4) is 0 Å². The summed E-state index contributed by atoms with van der Waals surface area (Å²) in [5.74, 6) is -0.312. The number of halogens is 1. The van der Waals surface area contributed by atoms with Crippen molar-refractivity contribution in [3.63, 3.8) is 0 Å². The Morgan fingerprint density at radius 3 is 2.67 bits per heavy atom. The first kappa shape index (κ1) is 13.6. The molecule has 2 N–H and O–H groups in total. The van der Waals surface area contributed by atoms with Gasteiger partial charge in [0.25, 0.3) is 0 Å². The largest absolute Gasteiger partial charge is 0.373 e. The van der Waals surface area contributed by atoms with Gasteiger partial charge in [0.15, 0.2) is 0 Å². The maximum Gasteiger partial charge on any atom is 0.243 e. The third-order valence-corrected chi connectivity index (χ3v) is 3.82. The van der Waals surface area contributed by atoms with Gasteiger partial charge < -0.3 is 10.6 Å². The molecule has 0 radical (unpaired) electrons. The quantitative estimate of drug-likeness (QED) is 0.909. The van der Waals surface area contributed by atoms with Crippen molar-refractivity contribution in [1.82, 2.24) is 5.32 Å². The molecule has 2 atom stereocenters. The van der Waals surface area contributed by atoms with Crippen molar-refractivity contribution in [2.75, 3.05) is 5.32 Å². The van der Waals surface area contributed by atoms with Crippen LogP contribution in [0.5, 0.6) is 0 Å². The van der Waals surface area contributed by atoms with Crippen molar-refractivity contribution in [2.45, 2.75) is 25.4 Å². The highest BCUT2D eigenvalue weighted by atomic mass is 19.1. The molecule has 1 aliphatic rings. The Hall–Kier alpha value is -2.36. The van der Waals surface area contributed by atoms with Crippen LogP contribution in [0, 0.1) is 5.82 Å². The number of fused-ring (bicyclic) bond motifs is 1. The van der Waals surface area contributed by atoms with Crippen LogP contribution in [0.25, 0.3) is 0 Å². The van der Waals surface area contributed by atoms with E-state index in [-0.39, 0.29) is 23.8 Å². The molecule has 108 valence electrons. The van der Waals surface area contributed by atoms with Gasteiger partial charge in [-0.25, -0.2) is 4.39 Å². The second-order valence-electron chi connectivity index (χ2n) is 5.34. The summed E-state index contributed by atoms with van der Waals surface area (Å²) in [5.41, 5.74) is 3.07. The van der Waals surface area contributed by atoms with Crippen LogP contribution >= 0.6 is 0 Å². The van der Waals surface area contributed by atoms with Crippen LogP contribution in [0.4, 0.5) is 10.1 Å². The van der Waals surface area contributed by atoms with Gasteiger partial charge in [0, 0.05) is 12.1 Å². The molecule has 1 heterocycles. The molecular weight excluding hydrogens is 267 g/mol. The van der Waals surface area contributed by atoms with Crippen molar-refractivity contribution >= 4 is 11.6 Å². The smallest absolute Gasteiger partial charge is 0.243 e. The number of carbonyl (C=O) groups is 1. The minimum Gasteiger partial charge on any atom is -0.373 e. The lowest BCUT2D eigenvalue weighted by molar-refractivity contribution is -0.122. The SMILES string of the molecule is CC(NC(=O)[C@@H]1Cc2ccccc2N1)c1ccc(F)cc1. The number of rotatable bonds is 3. The monoisotopic (exact) mass is 284 g/mol. The number of nitrogens with one attached hydrogen (secondary N) is 2. The molecule has 0 aromatic heterocycles. The summed E-state index contributed by atoms with van der Waals surface area (Å²) >= 11 is 0. The first-order valence-corrected chi connectivity index (χ1v) is 7.04. The van der Waals surface area contributed by atoms with E-state index in [1.807, 2.05) is 31.2 Å². The maximum absolute atomic E-state index is 12.9. The molecule has 1 aliphatic heterocycles. The normalized spacial score (nSPS) is 17.7. The summed E-state index contributed by atoms with van der Waals surface area (Å²) in [4.78, 5) is 12.3. The van der Waals surface area contributed by atoms with Crippen LogP contribution in [0.15, 0.2) is 48.5 Å². The zero-order chi connectivity index (χ0) is 14.8. The van der Waals surface area contributed by atoms with Gasteiger partial charge in [-0.2, -0.15) is 0 Å². The van der Waals surface area contributed by atoms with Gasteiger partial charge in [-0.15, -0.1) is 0 Å². The van der Waals surface area contributed by atoms with E-state index in [1.54, 1.807) is 12.1 Å². The van der Waals surface area contributed by atoms with Gasteiger partial charge in [-0.3, -0.25) is 4.79 Å². The van der Waals surface area contributed by atoms with Crippen molar-refractivity contribution in [2.24, 2.45) is 0 Å². The lowest BCUT2D eigenvalue weighted by Gasteiger charge is -2.18. The van der Waals surface area contributed by atoms with E-state index in [2.05, 4.69) is 10.6 Å². The fraction of sp³-hybridized carbons (Fsp3) is 0.235. The fourth-order valence-electron chi connectivity index (χ4n) is 2.60. The van der Waals surface area contributed by atoms with Crippen molar-refractivity contribution in [3.8, 4) is 0 Å². The molecule has 1 amide bonds. The van der Waals surface area contributed by atoms with E-state index >= 15 is 0 Å². The second kappa shape index (κ2) is 5.56. The predicted octanol–water partition coefficient (Wildman–Crippen LogP) is 3.04. The molecule has 1 unspecified atom stereocenters. The fourth-order valence-corrected chi connectivity index (χ4v) is 2.60. The second-order valence-corrected chi connectivity index (χ2v) is 5.34. The number of para-hydroxylation sites is 1. The molecular formula is C17H17FN2O. The van der Waals surface area contributed by atoms with Gasteiger partial charge in [-0.05, 0) is 36.2 Å². The van der Waals surface area contributed by atoms with Crippen molar-refractivity contribution < 1.29 is 9.18 Å². The first-order chi connectivity index (χ1) is 10.1.